The lowest BCUT2D eigenvalue weighted by molar-refractivity contribution is 0.0994. The van der Waals surface area contributed by atoms with E-state index < -0.39 is 0 Å². The van der Waals surface area contributed by atoms with Crippen LogP contribution in [0.1, 0.15) is 27.2 Å². The highest BCUT2D eigenvalue weighted by molar-refractivity contribution is 6.10. The number of aromatic nitrogens is 1. The van der Waals surface area contributed by atoms with Gasteiger partial charge in [0, 0.05) is 28.6 Å². The number of carbonyl (C=O) groups is 1. The van der Waals surface area contributed by atoms with Crippen molar-refractivity contribution in [1.29, 1.82) is 0 Å². The summed E-state index contributed by atoms with van der Waals surface area (Å²) in [6.07, 6.45) is 0.454. The second-order valence-electron chi connectivity index (χ2n) is 5.20. The van der Waals surface area contributed by atoms with E-state index in [4.69, 9.17) is 0 Å². The van der Waals surface area contributed by atoms with Gasteiger partial charge in [0.15, 0.2) is 5.78 Å². The molecule has 100 valence electrons. The lowest BCUT2D eigenvalue weighted by atomic mass is 9.98. The molecule has 3 rings (SSSR count). The highest BCUT2D eigenvalue weighted by Gasteiger charge is 2.16. The van der Waals surface area contributed by atoms with Gasteiger partial charge < -0.3 is 4.98 Å². The Morgan fingerprint density at radius 2 is 1.70 bits per heavy atom. The topological polar surface area (TPSA) is 32.9 Å². The molecular formula is C18H17NO. The molecule has 1 heterocycles. The predicted octanol–water partition coefficient (Wildman–Crippen LogP) is 4.21. The Balaban J connectivity index is 2.01. The van der Waals surface area contributed by atoms with Crippen molar-refractivity contribution in [1.82, 2.24) is 4.98 Å². The van der Waals surface area contributed by atoms with Crippen LogP contribution in [0.4, 0.5) is 0 Å². The highest BCUT2D eigenvalue weighted by Crippen LogP contribution is 2.23. The summed E-state index contributed by atoms with van der Waals surface area (Å²) < 4.78 is 0. The van der Waals surface area contributed by atoms with E-state index in [1.54, 1.807) is 0 Å². The smallest absolute Gasteiger partial charge is 0.169 e. The summed E-state index contributed by atoms with van der Waals surface area (Å²) in [6.45, 7) is 4.01. The number of benzene rings is 2. The molecule has 1 N–H and O–H groups in total. The van der Waals surface area contributed by atoms with Crippen LogP contribution in [0.5, 0.6) is 0 Å². The molecule has 0 saturated carbocycles. The number of rotatable bonds is 3. The summed E-state index contributed by atoms with van der Waals surface area (Å²) in [4.78, 5) is 15.9. The number of ketones is 1. The van der Waals surface area contributed by atoms with Crippen LogP contribution in [-0.2, 0) is 6.42 Å². The molecule has 0 bridgehead atoms. The normalized spacial score (nSPS) is 10.9. The van der Waals surface area contributed by atoms with E-state index in [9.17, 15) is 4.79 Å². The van der Waals surface area contributed by atoms with Crippen molar-refractivity contribution in [2.75, 3.05) is 0 Å². The van der Waals surface area contributed by atoms with Crippen LogP contribution < -0.4 is 0 Å². The zero-order valence-corrected chi connectivity index (χ0v) is 11.7. The van der Waals surface area contributed by atoms with E-state index in [1.165, 1.54) is 5.56 Å². The highest BCUT2D eigenvalue weighted by atomic mass is 16.1. The molecule has 0 atom stereocenters. The standard InChI is InChI=1S/C18H17NO/c1-12-7-3-4-8-14(12)11-17(20)18-13(2)19-16-10-6-5-9-15(16)18/h3-10,19H,11H2,1-2H3. The fourth-order valence-corrected chi connectivity index (χ4v) is 2.71. The van der Waals surface area contributed by atoms with Gasteiger partial charge in [-0.3, -0.25) is 4.79 Å². The first-order chi connectivity index (χ1) is 9.66. The van der Waals surface area contributed by atoms with Crippen LogP contribution >= 0.6 is 0 Å². The molecule has 0 fully saturated rings. The minimum Gasteiger partial charge on any atom is -0.358 e. The van der Waals surface area contributed by atoms with Gasteiger partial charge >= 0.3 is 0 Å². The third-order valence-electron chi connectivity index (χ3n) is 3.78. The van der Waals surface area contributed by atoms with E-state index in [-0.39, 0.29) is 5.78 Å². The van der Waals surface area contributed by atoms with Gasteiger partial charge in [-0.1, -0.05) is 42.5 Å². The second kappa shape index (κ2) is 4.97. The molecule has 0 spiro atoms. The summed E-state index contributed by atoms with van der Waals surface area (Å²) in [5, 5.41) is 1.02. The Morgan fingerprint density at radius 1 is 1.00 bits per heavy atom. The molecule has 20 heavy (non-hydrogen) atoms. The molecule has 0 saturated heterocycles. The van der Waals surface area contributed by atoms with Crippen LogP contribution in [0, 0.1) is 13.8 Å². The van der Waals surface area contributed by atoms with Gasteiger partial charge in [0.1, 0.15) is 0 Å². The lowest BCUT2D eigenvalue weighted by Gasteiger charge is -2.05. The van der Waals surface area contributed by atoms with Crippen molar-refractivity contribution in [3.8, 4) is 0 Å². The number of hydrogen-bond acceptors (Lipinski definition) is 1. The quantitative estimate of drug-likeness (QED) is 0.705. The molecule has 2 nitrogen and oxygen atoms in total. The van der Waals surface area contributed by atoms with E-state index in [0.717, 1.165) is 27.7 Å². The number of nitrogens with one attached hydrogen (secondary N) is 1. The Morgan fingerprint density at radius 3 is 2.50 bits per heavy atom. The Kier molecular flexibility index (Phi) is 3.15. The van der Waals surface area contributed by atoms with Crippen molar-refractivity contribution in [2.45, 2.75) is 20.3 Å². The number of carbonyl (C=O) groups excluding carboxylic acids is 1. The molecule has 3 aromatic rings. The zero-order valence-electron chi connectivity index (χ0n) is 11.7. The van der Waals surface area contributed by atoms with Gasteiger partial charge in [-0.05, 0) is 31.0 Å². The first-order valence-electron chi connectivity index (χ1n) is 6.82. The summed E-state index contributed by atoms with van der Waals surface area (Å²) in [7, 11) is 0. The predicted molar refractivity (Wildman–Crippen MR) is 82.2 cm³/mol. The number of aromatic amines is 1. The number of H-pyrrole nitrogens is 1. The average molecular weight is 263 g/mol. The van der Waals surface area contributed by atoms with Crippen LogP contribution in [0.2, 0.25) is 0 Å². The zero-order chi connectivity index (χ0) is 14.1. The van der Waals surface area contributed by atoms with Crippen molar-refractivity contribution >= 4 is 16.7 Å². The maximum absolute atomic E-state index is 12.6. The maximum Gasteiger partial charge on any atom is 0.169 e. The van der Waals surface area contributed by atoms with Gasteiger partial charge in [-0.15, -0.1) is 0 Å². The largest absolute Gasteiger partial charge is 0.358 e. The molecule has 2 heteroatoms. The number of aryl methyl sites for hydroxylation is 2. The average Bonchev–Trinajstić information content (AvgIpc) is 2.77. The first kappa shape index (κ1) is 12.7. The van der Waals surface area contributed by atoms with Crippen LogP contribution in [0.25, 0.3) is 10.9 Å². The summed E-state index contributed by atoms with van der Waals surface area (Å²) >= 11 is 0. The van der Waals surface area contributed by atoms with E-state index >= 15 is 0 Å². The lowest BCUT2D eigenvalue weighted by Crippen LogP contribution is -2.05. The Bertz CT molecular complexity index is 783. The van der Waals surface area contributed by atoms with Gasteiger partial charge in [-0.25, -0.2) is 0 Å². The van der Waals surface area contributed by atoms with Crippen LogP contribution in [0.3, 0.4) is 0 Å². The van der Waals surface area contributed by atoms with Crippen molar-refractivity contribution in [2.24, 2.45) is 0 Å². The second-order valence-corrected chi connectivity index (χ2v) is 5.20. The molecule has 2 aromatic carbocycles. The maximum atomic E-state index is 12.6. The van der Waals surface area contributed by atoms with Crippen LogP contribution in [-0.4, -0.2) is 10.8 Å². The molecule has 1 aromatic heterocycles. The van der Waals surface area contributed by atoms with Gasteiger partial charge in [0.2, 0.25) is 0 Å². The fourth-order valence-electron chi connectivity index (χ4n) is 2.71. The molecule has 0 aliphatic carbocycles. The first-order valence-corrected chi connectivity index (χ1v) is 6.82. The summed E-state index contributed by atoms with van der Waals surface area (Å²) in [5.74, 6) is 0.175. The number of para-hydroxylation sites is 1. The molecular weight excluding hydrogens is 246 g/mol. The number of Topliss-reactive ketones (excluding diaryl/α,β-unsaturated/α-hetero) is 1. The summed E-state index contributed by atoms with van der Waals surface area (Å²) in [5.41, 5.74) is 5.06. The molecule has 0 aliphatic rings. The Labute approximate surface area is 118 Å². The van der Waals surface area contributed by atoms with E-state index in [2.05, 4.69) is 4.98 Å². The Hall–Kier alpha value is -2.35. The summed E-state index contributed by atoms with van der Waals surface area (Å²) in [6, 6.07) is 16.0. The van der Waals surface area contributed by atoms with Gasteiger partial charge in [-0.2, -0.15) is 0 Å². The minimum atomic E-state index is 0.175. The van der Waals surface area contributed by atoms with Crippen molar-refractivity contribution in [3.05, 3.63) is 70.9 Å². The van der Waals surface area contributed by atoms with Crippen molar-refractivity contribution in [3.63, 3.8) is 0 Å². The SMILES string of the molecule is Cc1ccccc1CC(=O)c1c(C)[nH]c2ccccc12. The van der Waals surface area contributed by atoms with Gasteiger partial charge in [0.05, 0.1) is 0 Å². The van der Waals surface area contributed by atoms with Crippen molar-refractivity contribution < 1.29 is 4.79 Å². The van der Waals surface area contributed by atoms with Gasteiger partial charge in [0.25, 0.3) is 0 Å². The monoisotopic (exact) mass is 263 g/mol. The number of fused-ring (bicyclic) bond motifs is 1. The fraction of sp³-hybridized carbons (Fsp3) is 0.167. The molecule has 0 unspecified atom stereocenters. The van der Waals surface area contributed by atoms with Crippen LogP contribution in [0.15, 0.2) is 48.5 Å². The number of hydrogen-bond donors (Lipinski definition) is 1. The molecule has 0 radical (unpaired) electrons. The molecule has 0 amide bonds. The van der Waals surface area contributed by atoms with E-state index in [1.807, 2.05) is 62.4 Å². The minimum absolute atomic E-state index is 0.175. The molecule has 0 aliphatic heterocycles. The third-order valence-corrected chi connectivity index (χ3v) is 3.78. The third kappa shape index (κ3) is 2.14. The van der Waals surface area contributed by atoms with E-state index in [0.29, 0.717) is 6.42 Å².